The summed E-state index contributed by atoms with van der Waals surface area (Å²) in [4.78, 5) is 26.1. The number of carbonyl (C=O) groups excluding carboxylic acids is 1. The lowest BCUT2D eigenvalue weighted by molar-refractivity contribution is -0.138. The minimum Gasteiger partial charge on any atom is -0.392 e. The Bertz CT molecular complexity index is 1330. The van der Waals surface area contributed by atoms with Crippen LogP contribution in [0, 0.1) is 17.8 Å². The molecular formula is C29H31FNO5P. The fourth-order valence-corrected chi connectivity index (χ4v) is 4.65. The van der Waals surface area contributed by atoms with Gasteiger partial charge in [0.25, 0.3) is 0 Å². The molecule has 1 aromatic heterocycles. The van der Waals surface area contributed by atoms with Crippen LogP contribution in [0.2, 0.25) is 0 Å². The lowest BCUT2D eigenvalue weighted by Gasteiger charge is -2.23. The topological polar surface area (TPSA) is 96.7 Å². The second-order valence-electron chi connectivity index (χ2n) is 9.35. The Morgan fingerprint density at radius 1 is 1.03 bits per heavy atom. The van der Waals surface area contributed by atoms with Gasteiger partial charge in [-0.3, -0.25) is 14.3 Å². The van der Waals surface area contributed by atoms with Gasteiger partial charge in [0.15, 0.2) is 8.03 Å². The first-order valence-corrected chi connectivity index (χ1v) is 13.6. The van der Waals surface area contributed by atoms with Crippen LogP contribution in [0.1, 0.15) is 62.8 Å². The van der Waals surface area contributed by atoms with Crippen LogP contribution >= 0.6 is 8.03 Å². The molecule has 1 heterocycles. The van der Waals surface area contributed by atoms with Crippen LogP contribution in [0.3, 0.4) is 0 Å². The van der Waals surface area contributed by atoms with Crippen molar-refractivity contribution in [2.45, 2.75) is 52.1 Å². The molecule has 0 saturated heterocycles. The summed E-state index contributed by atoms with van der Waals surface area (Å²) < 4.78 is 29.8. The number of hydrogen-bond acceptors (Lipinski definition) is 5. The van der Waals surface area contributed by atoms with Crippen molar-refractivity contribution in [1.82, 2.24) is 4.98 Å². The average molecular weight is 524 g/mol. The molecule has 6 nitrogen and oxygen atoms in total. The number of carbonyl (C=O) groups is 1. The molecule has 2 atom stereocenters. The predicted octanol–water partition coefficient (Wildman–Crippen LogP) is 5.87. The summed E-state index contributed by atoms with van der Waals surface area (Å²) in [5, 5.41) is 9.75. The summed E-state index contributed by atoms with van der Waals surface area (Å²) in [6.07, 6.45) is 0.324. The van der Waals surface area contributed by atoms with Gasteiger partial charge in [0, 0.05) is 17.3 Å². The molecule has 37 heavy (non-hydrogen) atoms. The summed E-state index contributed by atoms with van der Waals surface area (Å²) in [5.41, 5.74) is 5.49. The molecule has 3 aromatic rings. The van der Waals surface area contributed by atoms with E-state index in [9.17, 15) is 18.9 Å². The Morgan fingerprint density at radius 2 is 1.68 bits per heavy atom. The van der Waals surface area contributed by atoms with Crippen molar-refractivity contribution >= 4 is 14.0 Å². The smallest absolute Gasteiger partial charge is 0.322 e. The summed E-state index contributed by atoms with van der Waals surface area (Å²) in [6.45, 7) is 8.09. The van der Waals surface area contributed by atoms with Gasteiger partial charge >= 0.3 is 5.97 Å². The lowest BCUT2D eigenvalue weighted by atomic mass is 9.84. The maximum Gasteiger partial charge on any atom is 0.322 e. The minimum absolute atomic E-state index is 0.0313. The highest BCUT2D eigenvalue weighted by Crippen LogP contribution is 2.41. The molecule has 8 heteroatoms. The van der Waals surface area contributed by atoms with Crippen LogP contribution in [0.5, 0.6) is 0 Å². The molecule has 0 saturated carbocycles. The van der Waals surface area contributed by atoms with Crippen LogP contribution in [-0.4, -0.2) is 33.2 Å². The van der Waals surface area contributed by atoms with E-state index in [1.165, 1.54) is 12.1 Å². The molecule has 0 radical (unpaired) electrons. The van der Waals surface area contributed by atoms with Gasteiger partial charge in [-0.15, -0.1) is 0 Å². The minimum atomic E-state index is -2.91. The van der Waals surface area contributed by atoms with Crippen LogP contribution in [0.25, 0.3) is 22.4 Å². The number of ether oxygens (including phenoxy) is 1. The Labute approximate surface area is 217 Å². The number of aliphatic hydroxyl groups is 1. The third-order valence-electron chi connectivity index (χ3n) is 5.72. The van der Waals surface area contributed by atoms with Crippen molar-refractivity contribution in [2.24, 2.45) is 0 Å². The monoisotopic (exact) mass is 523 g/mol. The summed E-state index contributed by atoms with van der Waals surface area (Å²) >= 11 is 0. The molecule has 0 spiro atoms. The molecule has 0 aliphatic carbocycles. The molecular weight excluding hydrogens is 492 g/mol. The third-order valence-corrected chi connectivity index (χ3v) is 6.54. The Balaban J connectivity index is 2.20. The van der Waals surface area contributed by atoms with E-state index >= 15 is 0 Å². The van der Waals surface area contributed by atoms with Gasteiger partial charge in [0.2, 0.25) is 0 Å². The van der Waals surface area contributed by atoms with E-state index in [-0.39, 0.29) is 23.8 Å². The number of halogens is 1. The van der Waals surface area contributed by atoms with Crippen molar-refractivity contribution in [2.75, 3.05) is 6.16 Å². The van der Waals surface area contributed by atoms with Gasteiger partial charge in [-0.25, -0.2) is 4.39 Å². The van der Waals surface area contributed by atoms with Crippen molar-refractivity contribution in [1.29, 1.82) is 0 Å². The second-order valence-corrected chi connectivity index (χ2v) is 10.5. The standard InChI is InChI=1S/C29H31FNO5P/c1-18(2)26-27(20-10-12-22(30)13-11-20)24(14-15-36-25(33)16-23(32)17-37(34)35)28(19(3)4)31-29(26)21-8-6-5-7-9-21/h5-13,18-19,23,32,37H,16-17H2,1-4H3,(H,34,35). The molecule has 194 valence electrons. The zero-order chi connectivity index (χ0) is 27.1. The summed E-state index contributed by atoms with van der Waals surface area (Å²) in [5.74, 6) is 1.79. The SMILES string of the molecule is CC(C)c1nc(-c2ccccc2)c(C(C)C)c(-c2ccc(F)cc2)c1C#COC(=O)CC(O)C[PH](=O)O. The predicted molar refractivity (Wildman–Crippen MR) is 143 cm³/mol. The third kappa shape index (κ3) is 7.36. The van der Waals surface area contributed by atoms with E-state index in [1.54, 1.807) is 12.1 Å². The number of rotatable bonds is 8. The second kappa shape index (κ2) is 12.8. The molecule has 2 aromatic carbocycles. The lowest BCUT2D eigenvalue weighted by Crippen LogP contribution is -2.16. The normalized spacial score (nSPS) is 12.7. The van der Waals surface area contributed by atoms with Gasteiger partial charge in [-0.2, -0.15) is 0 Å². The average Bonchev–Trinajstić information content (AvgIpc) is 2.83. The van der Waals surface area contributed by atoms with E-state index < -0.39 is 26.5 Å². The first-order chi connectivity index (χ1) is 17.6. The molecule has 0 fully saturated rings. The summed E-state index contributed by atoms with van der Waals surface area (Å²) in [6, 6.07) is 16.0. The number of nitrogens with zero attached hydrogens (tertiary/aromatic N) is 1. The highest BCUT2D eigenvalue weighted by molar-refractivity contribution is 7.38. The van der Waals surface area contributed by atoms with Crippen molar-refractivity contribution < 1.29 is 28.5 Å². The fourth-order valence-electron chi connectivity index (χ4n) is 4.10. The van der Waals surface area contributed by atoms with E-state index in [2.05, 4.69) is 25.9 Å². The number of aromatic nitrogens is 1. The zero-order valence-corrected chi connectivity index (χ0v) is 22.3. The first kappa shape index (κ1) is 28.3. The highest BCUT2D eigenvalue weighted by atomic mass is 31.1. The molecule has 0 amide bonds. The molecule has 2 unspecified atom stereocenters. The van der Waals surface area contributed by atoms with Gasteiger partial charge in [-0.05, 0) is 41.0 Å². The van der Waals surface area contributed by atoms with E-state index in [4.69, 9.17) is 14.6 Å². The quantitative estimate of drug-likeness (QED) is 0.218. The van der Waals surface area contributed by atoms with Gasteiger partial charge in [-0.1, -0.05) is 70.2 Å². The highest BCUT2D eigenvalue weighted by Gasteiger charge is 2.24. The summed E-state index contributed by atoms with van der Waals surface area (Å²) in [7, 11) is -2.91. The van der Waals surface area contributed by atoms with Crippen molar-refractivity contribution in [3.8, 4) is 34.4 Å². The van der Waals surface area contributed by atoms with Gasteiger partial charge in [0.1, 0.15) is 11.9 Å². The van der Waals surface area contributed by atoms with Crippen molar-refractivity contribution in [3.05, 3.63) is 77.2 Å². The molecule has 3 rings (SSSR count). The van der Waals surface area contributed by atoms with Gasteiger partial charge < -0.3 is 14.7 Å². The molecule has 0 aliphatic rings. The number of hydrogen-bond donors (Lipinski definition) is 2. The van der Waals surface area contributed by atoms with Gasteiger partial charge in [0.05, 0.1) is 29.5 Å². The molecule has 0 aliphatic heterocycles. The Hall–Kier alpha value is -3.30. The van der Waals surface area contributed by atoms with E-state index in [0.717, 1.165) is 27.9 Å². The number of pyridine rings is 1. The Kier molecular flexibility index (Phi) is 9.77. The molecule has 0 bridgehead atoms. The maximum absolute atomic E-state index is 13.8. The molecule has 2 N–H and O–H groups in total. The maximum atomic E-state index is 13.8. The number of aliphatic hydroxyl groups excluding tert-OH is 1. The van der Waals surface area contributed by atoms with E-state index in [0.29, 0.717) is 11.3 Å². The first-order valence-electron chi connectivity index (χ1n) is 12.1. The van der Waals surface area contributed by atoms with Crippen LogP contribution in [-0.2, 0) is 14.1 Å². The van der Waals surface area contributed by atoms with E-state index in [1.807, 2.05) is 44.2 Å². The number of esters is 1. The van der Waals surface area contributed by atoms with Crippen LogP contribution in [0.15, 0.2) is 54.6 Å². The van der Waals surface area contributed by atoms with Crippen molar-refractivity contribution in [3.63, 3.8) is 0 Å². The van der Waals surface area contributed by atoms with Crippen LogP contribution in [0.4, 0.5) is 4.39 Å². The Morgan fingerprint density at radius 3 is 2.24 bits per heavy atom. The number of benzene rings is 2. The van der Waals surface area contributed by atoms with Crippen LogP contribution < -0.4 is 0 Å². The largest absolute Gasteiger partial charge is 0.392 e. The fraction of sp³-hybridized carbons (Fsp3) is 0.310. The zero-order valence-electron chi connectivity index (χ0n) is 21.3.